The van der Waals surface area contributed by atoms with Crippen LogP contribution in [0.1, 0.15) is 12.8 Å². The quantitative estimate of drug-likeness (QED) is 0.905. The largest absolute Gasteiger partial charge is 0.341 e. The molecule has 3 rings (SSSR count). The Kier molecular flexibility index (Phi) is 5.40. The van der Waals surface area contributed by atoms with Gasteiger partial charge in [-0.3, -0.25) is 14.4 Å². The molecule has 2 heterocycles. The predicted molar refractivity (Wildman–Crippen MR) is 93.8 cm³/mol. The first kappa shape index (κ1) is 16.8. The number of nitrogens with one attached hydrogen (secondary N) is 1. The predicted octanol–water partition coefficient (Wildman–Crippen LogP) is 2.03. The first-order valence-electron chi connectivity index (χ1n) is 8.19. The fourth-order valence-corrected chi connectivity index (χ4v) is 3.81. The zero-order chi connectivity index (χ0) is 16.9. The minimum atomic E-state index is -0.0711. The summed E-state index contributed by atoms with van der Waals surface area (Å²) in [4.78, 5) is 39.5. The highest BCUT2D eigenvalue weighted by Crippen LogP contribution is 2.21. The molecule has 3 amide bonds. The molecule has 0 saturated carbocycles. The summed E-state index contributed by atoms with van der Waals surface area (Å²) in [6.45, 7) is 1.94. The van der Waals surface area contributed by atoms with E-state index in [0.717, 1.165) is 11.4 Å². The number of amides is 3. The lowest BCUT2D eigenvalue weighted by molar-refractivity contribution is -0.134. The van der Waals surface area contributed by atoms with Gasteiger partial charge in [0.05, 0.1) is 0 Å². The summed E-state index contributed by atoms with van der Waals surface area (Å²) in [5, 5.41) is 2.91. The number of para-hydroxylation sites is 1. The van der Waals surface area contributed by atoms with E-state index in [4.69, 9.17) is 0 Å². The minimum Gasteiger partial charge on any atom is -0.341 e. The zero-order valence-electron chi connectivity index (χ0n) is 13.4. The molecule has 1 aromatic rings. The summed E-state index contributed by atoms with van der Waals surface area (Å²) in [7, 11) is 0. The fraction of sp³-hybridized carbons (Fsp3) is 0.471. The Morgan fingerprint density at radius 2 is 1.83 bits per heavy atom. The first-order chi connectivity index (χ1) is 11.6. The molecule has 1 aromatic carbocycles. The van der Waals surface area contributed by atoms with Gasteiger partial charge in [0.1, 0.15) is 6.54 Å². The Hall–Kier alpha value is -2.02. The van der Waals surface area contributed by atoms with Gasteiger partial charge in [0, 0.05) is 37.0 Å². The number of benzene rings is 1. The van der Waals surface area contributed by atoms with Gasteiger partial charge in [-0.05, 0) is 25.0 Å². The third-order valence-electron chi connectivity index (χ3n) is 4.43. The van der Waals surface area contributed by atoms with Crippen molar-refractivity contribution < 1.29 is 14.4 Å². The highest BCUT2D eigenvalue weighted by Gasteiger charge is 2.30. The van der Waals surface area contributed by atoms with Crippen LogP contribution < -0.4 is 5.32 Å². The number of hydrogen-bond acceptors (Lipinski definition) is 4. The van der Waals surface area contributed by atoms with Crippen molar-refractivity contribution in [3.05, 3.63) is 30.3 Å². The summed E-state index contributed by atoms with van der Waals surface area (Å²) in [5.41, 5.74) is 0.797. The van der Waals surface area contributed by atoms with E-state index in [-0.39, 0.29) is 29.5 Å². The van der Waals surface area contributed by atoms with Crippen molar-refractivity contribution in [2.45, 2.75) is 12.8 Å². The van der Waals surface area contributed by atoms with Crippen molar-refractivity contribution in [2.24, 2.45) is 5.92 Å². The SMILES string of the molecule is O=C(Nc1ccccc1)C1CCN(C(=O)CN2CCSC2=O)CC1. The van der Waals surface area contributed by atoms with E-state index >= 15 is 0 Å². The van der Waals surface area contributed by atoms with Crippen LogP contribution >= 0.6 is 11.8 Å². The smallest absolute Gasteiger partial charge is 0.282 e. The van der Waals surface area contributed by atoms with Crippen LogP contribution in [0.25, 0.3) is 0 Å². The summed E-state index contributed by atoms with van der Waals surface area (Å²) in [6.07, 6.45) is 1.32. The number of hydrogen-bond donors (Lipinski definition) is 1. The van der Waals surface area contributed by atoms with Crippen molar-refractivity contribution in [2.75, 3.05) is 37.2 Å². The number of piperidine rings is 1. The molecule has 128 valence electrons. The van der Waals surface area contributed by atoms with Crippen LogP contribution in [0.15, 0.2) is 30.3 Å². The molecule has 0 bridgehead atoms. The maximum atomic E-state index is 12.3. The van der Waals surface area contributed by atoms with Gasteiger partial charge in [0.2, 0.25) is 11.8 Å². The van der Waals surface area contributed by atoms with E-state index in [9.17, 15) is 14.4 Å². The van der Waals surface area contributed by atoms with Gasteiger partial charge < -0.3 is 15.1 Å². The van der Waals surface area contributed by atoms with Crippen LogP contribution in [0.4, 0.5) is 10.5 Å². The molecule has 2 saturated heterocycles. The van der Waals surface area contributed by atoms with E-state index < -0.39 is 0 Å². The number of anilines is 1. The summed E-state index contributed by atoms with van der Waals surface area (Å²) in [6, 6.07) is 9.40. The van der Waals surface area contributed by atoms with Crippen molar-refractivity contribution in [1.82, 2.24) is 9.80 Å². The maximum absolute atomic E-state index is 12.3. The average molecular weight is 347 g/mol. The molecule has 0 atom stereocenters. The fourth-order valence-electron chi connectivity index (χ4n) is 2.99. The second-order valence-electron chi connectivity index (χ2n) is 6.05. The Balaban J connectivity index is 1.46. The molecule has 7 heteroatoms. The number of carbonyl (C=O) groups excluding carboxylic acids is 3. The van der Waals surface area contributed by atoms with Crippen LogP contribution in [0.2, 0.25) is 0 Å². The molecule has 0 radical (unpaired) electrons. The van der Waals surface area contributed by atoms with Crippen molar-refractivity contribution >= 4 is 34.5 Å². The molecular formula is C17H21N3O3S. The number of likely N-dealkylation sites (tertiary alicyclic amines) is 1. The Bertz CT molecular complexity index is 615. The molecule has 0 unspecified atom stereocenters. The molecule has 2 fully saturated rings. The molecule has 24 heavy (non-hydrogen) atoms. The second kappa shape index (κ2) is 7.70. The molecule has 0 spiro atoms. The highest BCUT2D eigenvalue weighted by molar-refractivity contribution is 8.13. The Labute approximate surface area is 145 Å². The van der Waals surface area contributed by atoms with E-state index in [2.05, 4.69) is 5.32 Å². The summed E-state index contributed by atoms with van der Waals surface area (Å²) >= 11 is 1.26. The van der Waals surface area contributed by atoms with E-state index in [1.165, 1.54) is 11.8 Å². The number of carbonyl (C=O) groups is 3. The normalized spacial score (nSPS) is 18.8. The molecule has 1 N–H and O–H groups in total. The molecular weight excluding hydrogens is 326 g/mol. The molecule has 0 aliphatic carbocycles. The van der Waals surface area contributed by atoms with Crippen molar-refractivity contribution in [3.63, 3.8) is 0 Å². The molecule has 6 nitrogen and oxygen atoms in total. The average Bonchev–Trinajstić information content (AvgIpc) is 3.00. The number of nitrogens with zero attached hydrogens (tertiary/aromatic N) is 2. The van der Waals surface area contributed by atoms with E-state index in [1.807, 2.05) is 30.3 Å². The van der Waals surface area contributed by atoms with Gasteiger partial charge in [0.25, 0.3) is 5.24 Å². The monoisotopic (exact) mass is 347 g/mol. The van der Waals surface area contributed by atoms with Crippen LogP contribution in [-0.2, 0) is 9.59 Å². The number of rotatable bonds is 4. The van der Waals surface area contributed by atoms with Gasteiger partial charge in [-0.1, -0.05) is 30.0 Å². The lowest BCUT2D eigenvalue weighted by Crippen LogP contribution is -2.45. The number of thioether (sulfide) groups is 1. The Morgan fingerprint density at radius 1 is 1.12 bits per heavy atom. The Morgan fingerprint density at radius 3 is 2.46 bits per heavy atom. The third-order valence-corrected chi connectivity index (χ3v) is 5.32. The van der Waals surface area contributed by atoms with Crippen molar-refractivity contribution in [3.8, 4) is 0 Å². The summed E-state index contributed by atoms with van der Waals surface area (Å²) < 4.78 is 0. The van der Waals surface area contributed by atoms with Crippen LogP contribution in [-0.4, -0.2) is 58.8 Å². The van der Waals surface area contributed by atoms with Crippen LogP contribution in [0.3, 0.4) is 0 Å². The van der Waals surface area contributed by atoms with Crippen molar-refractivity contribution in [1.29, 1.82) is 0 Å². The second-order valence-corrected chi connectivity index (χ2v) is 7.09. The van der Waals surface area contributed by atoms with Gasteiger partial charge in [0.15, 0.2) is 0 Å². The highest BCUT2D eigenvalue weighted by atomic mass is 32.2. The van der Waals surface area contributed by atoms with E-state index in [0.29, 0.717) is 32.5 Å². The first-order valence-corrected chi connectivity index (χ1v) is 9.17. The topological polar surface area (TPSA) is 69.7 Å². The molecule has 0 aromatic heterocycles. The van der Waals surface area contributed by atoms with Gasteiger partial charge in [-0.25, -0.2) is 0 Å². The van der Waals surface area contributed by atoms with E-state index in [1.54, 1.807) is 9.80 Å². The van der Waals surface area contributed by atoms with Gasteiger partial charge in [-0.2, -0.15) is 0 Å². The van der Waals surface area contributed by atoms with Gasteiger partial charge >= 0.3 is 0 Å². The van der Waals surface area contributed by atoms with Crippen LogP contribution in [0, 0.1) is 5.92 Å². The minimum absolute atomic E-state index is 0.0134. The molecule has 2 aliphatic rings. The lowest BCUT2D eigenvalue weighted by Gasteiger charge is -2.32. The van der Waals surface area contributed by atoms with Crippen LogP contribution in [0.5, 0.6) is 0 Å². The van der Waals surface area contributed by atoms with Gasteiger partial charge in [-0.15, -0.1) is 0 Å². The zero-order valence-corrected chi connectivity index (χ0v) is 14.3. The standard InChI is InChI=1S/C17H21N3O3S/c21-15(12-20-10-11-24-17(20)23)19-8-6-13(7-9-19)16(22)18-14-4-2-1-3-5-14/h1-5,13H,6-12H2,(H,18,22). The molecule has 2 aliphatic heterocycles. The maximum Gasteiger partial charge on any atom is 0.282 e. The summed E-state index contributed by atoms with van der Waals surface area (Å²) in [5.74, 6) is 0.679. The third kappa shape index (κ3) is 4.08. The lowest BCUT2D eigenvalue weighted by atomic mass is 9.95.